The largest absolute Gasteiger partial charge is 0.495 e. The summed E-state index contributed by atoms with van der Waals surface area (Å²) in [5.74, 6) is -3.21. The first-order valence-corrected chi connectivity index (χ1v) is 29.8. The number of benzene rings is 2. The Labute approximate surface area is 504 Å². The minimum absolute atomic E-state index is 0.00554. The van der Waals surface area contributed by atoms with Crippen LogP contribution in [0.1, 0.15) is 123 Å². The molecule has 83 heavy (non-hydrogen) atoms. The second-order valence-electron chi connectivity index (χ2n) is 23.0. The fraction of sp³-hybridized carbons (Fsp3) is 0.583. The lowest BCUT2D eigenvalue weighted by Gasteiger charge is -2.41. The number of ether oxygens (including phenoxy) is 5. The molecule has 1 unspecified atom stereocenters. The molecule has 10 atom stereocenters. The Kier molecular flexibility index (Phi) is 23.5. The number of halogens is 2. The first-order chi connectivity index (χ1) is 39.2. The summed E-state index contributed by atoms with van der Waals surface area (Å²) in [6.07, 6.45) is 4.12. The van der Waals surface area contributed by atoms with Gasteiger partial charge in [0.15, 0.2) is 5.78 Å². The number of carbonyl (C=O) groups excluding carboxylic acids is 8. The number of thiocarbonyl (C=S) groups is 1. The molecule has 454 valence electrons. The number of hydrogen-bond acceptors (Lipinski definition) is 15. The number of rotatable bonds is 22. The Hall–Kier alpha value is -5.78. The van der Waals surface area contributed by atoms with Crippen LogP contribution in [0.5, 0.6) is 5.75 Å². The molecule has 20 nitrogen and oxygen atoms in total. The molecule has 3 fully saturated rings. The zero-order valence-electron chi connectivity index (χ0n) is 48.8. The Balaban J connectivity index is 1.16. The van der Waals surface area contributed by atoms with Crippen LogP contribution < -0.4 is 31.3 Å². The van der Waals surface area contributed by atoms with Crippen LogP contribution in [-0.2, 0) is 60.6 Å². The number of esters is 1. The number of urea groups is 1. The number of epoxide rings is 1. The Morgan fingerprint density at radius 2 is 1.76 bits per heavy atom. The molecule has 0 radical (unpaired) electrons. The van der Waals surface area contributed by atoms with Crippen molar-refractivity contribution in [3.63, 3.8) is 0 Å². The Bertz CT molecular complexity index is 2850. The van der Waals surface area contributed by atoms with Gasteiger partial charge in [-0.25, -0.2) is 9.59 Å². The highest BCUT2D eigenvalue weighted by Crippen LogP contribution is 2.50. The van der Waals surface area contributed by atoms with Crippen molar-refractivity contribution in [1.82, 2.24) is 15.5 Å². The number of Topliss-reactive ketones (excluding diaryl/α,β-unsaturated/α-hetero) is 1. The first-order valence-electron chi connectivity index (χ1n) is 28.3. The number of hydrogen-bond donors (Lipinski definition) is 5. The van der Waals surface area contributed by atoms with Crippen LogP contribution >= 0.6 is 39.7 Å². The topological polar surface area (TPSA) is 275 Å². The highest BCUT2D eigenvalue weighted by atomic mass is 79.9. The van der Waals surface area contributed by atoms with E-state index in [2.05, 4.69) is 31.9 Å². The zero-order valence-corrected chi connectivity index (χ0v) is 52.0. The van der Waals surface area contributed by atoms with E-state index in [-0.39, 0.29) is 91.1 Å². The van der Waals surface area contributed by atoms with Gasteiger partial charge in [0.05, 0.1) is 43.5 Å². The van der Waals surface area contributed by atoms with Crippen LogP contribution in [-0.4, -0.2) is 138 Å². The van der Waals surface area contributed by atoms with Crippen molar-refractivity contribution in [3.05, 3.63) is 74.8 Å². The third kappa shape index (κ3) is 17.4. The molecule has 4 aliphatic rings. The van der Waals surface area contributed by atoms with Gasteiger partial charge in [-0.3, -0.25) is 39.0 Å². The van der Waals surface area contributed by atoms with Crippen LogP contribution in [0.15, 0.2) is 58.6 Å². The molecule has 4 bridgehead atoms. The number of imide groups is 1. The van der Waals surface area contributed by atoms with Crippen LogP contribution in [0, 0.1) is 23.7 Å². The van der Waals surface area contributed by atoms with Crippen LogP contribution in [0.4, 0.5) is 21.0 Å². The average molecular weight is 1260 g/mol. The van der Waals surface area contributed by atoms with Gasteiger partial charge >= 0.3 is 18.1 Å². The molecule has 2 aromatic rings. The lowest BCUT2D eigenvalue weighted by molar-refractivity contribution is -0.187. The molecule has 0 aliphatic carbocycles. The lowest BCUT2D eigenvalue weighted by Crippen LogP contribution is -2.53. The molecular formula is C60H80BrClN6O14S. The van der Waals surface area contributed by atoms with Crippen LogP contribution in [0.3, 0.4) is 0 Å². The van der Waals surface area contributed by atoms with E-state index in [0.29, 0.717) is 65.0 Å². The number of methoxy groups -OCH3 is 2. The van der Waals surface area contributed by atoms with Crippen LogP contribution in [0.2, 0.25) is 5.02 Å². The van der Waals surface area contributed by atoms with Crippen molar-refractivity contribution in [2.24, 2.45) is 29.4 Å². The van der Waals surface area contributed by atoms with E-state index in [4.69, 9.17) is 53.2 Å². The fourth-order valence-electron chi connectivity index (χ4n) is 11.2. The summed E-state index contributed by atoms with van der Waals surface area (Å²) >= 11 is 16.1. The Morgan fingerprint density at radius 1 is 1.02 bits per heavy atom. The van der Waals surface area contributed by atoms with Crippen molar-refractivity contribution < 1.29 is 67.1 Å². The monoisotopic (exact) mass is 1250 g/mol. The SMILES string of the molecule is COc1cc2cc(c1Cl)N(C)C(=O)C[C@H](OC(=O)Nc1ccc(CC(=O)[C@H](CCCNC(N)=O)NC(=O)[C@@H](CC(=S)CCCCCN3C(=O)CC(C)C3=O)C(C)C)cc1Br)[C@]1(C)O[C@H]1[C@H](C)[C@@H]1C[C@@](O)(CC(=O)O1)[C@H](OC)/C=C/C=C(\C)C2. The van der Waals surface area contributed by atoms with Gasteiger partial charge in [0.25, 0.3) is 0 Å². The highest BCUT2D eigenvalue weighted by Gasteiger charge is 2.64. The summed E-state index contributed by atoms with van der Waals surface area (Å²) in [6.45, 7) is 11.5. The molecule has 4 heterocycles. The zero-order chi connectivity index (χ0) is 61.1. The summed E-state index contributed by atoms with van der Waals surface area (Å²) in [6, 6.07) is 6.76. The number of anilines is 2. The predicted molar refractivity (Wildman–Crippen MR) is 320 cm³/mol. The van der Waals surface area contributed by atoms with Gasteiger partial charge in [0, 0.05) is 68.7 Å². The average Bonchev–Trinajstić information content (AvgIpc) is 2.74. The quantitative estimate of drug-likeness (QED) is 0.0243. The first kappa shape index (κ1) is 66.4. The third-order valence-electron chi connectivity index (χ3n) is 16.2. The van der Waals surface area contributed by atoms with Gasteiger partial charge in [-0.05, 0) is 121 Å². The second kappa shape index (κ2) is 29.3. The molecule has 3 saturated heterocycles. The molecule has 4 aliphatic heterocycles. The summed E-state index contributed by atoms with van der Waals surface area (Å²) in [5.41, 5.74) is 5.20. The van der Waals surface area contributed by atoms with Crippen LogP contribution in [0.25, 0.3) is 0 Å². The van der Waals surface area contributed by atoms with Gasteiger partial charge in [-0.1, -0.05) is 87.8 Å². The number of primary amides is 1. The van der Waals surface area contributed by atoms with Crippen molar-refractivity contribution in [1.29, 1.82) is 0 Å². The maximum Gasteiger partial charge on any atom is 0.412 e. The third-order valence-corrected chi connectivity index (χ3v) is 17.6. The fourth-order valence-corrected chi connectivity index (χ4v) is 12.3. The molecule has 7 amide bonds. The van der Waals surface area contributed by atoms with E-state index < -0.39 is 77.5 Å². The summed E-state index contributed by atoms with van der Waals surface area (Å²) in [4.78, 5) is 109. The minimum atomic E-state index is -1.64. The maximum absolute atomic E-state index is 14.5. The molecule has 23 heteroatoms. The van der Waals surface area contributed by atoms with E-state index in [1.165, 1.54) is 24.0 Å². The van der Waals surface area contributed by atoms with Crippen molar-refractivity contribution in [2.45, 2.75) is 167 Å². The maximum atomic E-state index is 14.5. The highest BCUT2D eigenvalue weighted by molar-refractivity contribution is 9.10. The van der Waals surface area contributed by atoms with E-state index in [0.717, 1.165) is 24.0 Å². The molecule has 0 aromatic heterocycles. The van der Waals surface area contributed by atoms with E-state index in [1.807, 2.05) is 26.8 Å². The van der Waals surface area contributed by atoms with E-state index in [9.17, 15) is 43.5 Å². The molecule has 0 spiro atoms. The number of unbranched alkanes of at least 4 members (excludes halogenated alkanes) is 2. The summed E-state index contributed by atoms with van der Waals surface area (Å²) in [5, 5.41) is 20.5. The van der Waals surface area contributed by atoms with Gasteiger partial charge in [0.1, 0.15) is 40.3 Å². The number of amides is 7. The minimum Gasteiger partial charge on any atom is -0.495 e. The summed E-state index contributed by atoms with van der Waals surface area (Å²) in [7, 11) is 4.48. The number of aliphatic hydroxyl groups is 1. The lowest BCUT2D eigenvalue weighted by atomic mass is 9.78. The molecular weight excluding hydrogens is 1180 g/mol. The number of fused-ring (bicyclic) bond motifs is 5. The molecule has 6 N–H and O–H groups in total. The number of nitrogens with two attached hydrogens (primary N) is 1. The van der Waals surface area contributed by atoms with E-state index >= 15 is 0 Å². The van der Waals surface area contributed by atoms with Crippen molar-refractivity contribution in [3.8, 4) is 5.75 Å². The number of likely N-dealkylation sites (tertiary alicyclic amines) is 1. The Morgan fingerprint density at radius 3 is 2.41 bits per heavy atom. The van der Waals surface area contributed by atoms with E-state index in [1.54, 1.807) is 70.3 Å². The van der Waals surface area contributed by atoms with Gasteiger partial charge in [-0.2, -0.15) is 0 Å². The molecule has 2 aromatic carbocycles. The summed E-state index contributed by atoms with van der Waals surface area (Å²) < 4.78 is 30.1. The van der Waals surface area contributed by atoms with Crippen molar-refractivity contribution >= 4 is 103 Å². The number of carbonyl (C=O) groups is 8. The van der Waals surface area contributed by atoms with Gasteiger partial charge in [-0.15, -0.1) is 0 Å². The van der Waals surface area contributed by atoms with Gasteiger partial charge < -0.3 is 50.1 Å². The molecule has 6 rings (SSSR count). The number of nitrogens with one attached hydrogen (secondary N) is 3. The number of allylic oxidation sites excluding steroid dienone is 3. The standard InChI is InChI=1S/C60H80BrClN6O14S/c1-33(2)40(29-39(83)16-11-10-12-22-68-51(71)24-35(4)56(68)74)55(73)65-43(17-14-21-64-57(63)75)45(69)27-37-19-20-42(41(61)25-37)66-58(76)81-49-30-50(70)67(7)44-26-38(28-46(78-8)53(44)62)23-34(3)15-13-18-48(79-9)60(77)31-47(80-52(72)32-60)36(5)54-59(49,6)82-54/h13,15,18-20,25-26,28,33,35-36,40,43,47-49,54,77H,10-12,14,16-17,21-24,27,29-32H2,1-9H3,(H,65,73)(H,66,76)(H3,63,64,75)/b18-13+,34-15+/t35?,36-,40+,43+,47+,48-,49+,54+,59+,60-/m1/s1. The van der Waals surface area contributed by atoms with Gasteiger partial charge in [0.2, 0.25) is 23.6 Å². The molecule has 0 saturated carbocycles. The normalized spacial score (nSPS) is 26.4. The predicted octanol–water partition coefficient (Wildman–Crippen LogP) is 8.42. The number of ketones is 1. The smallest absolute Gasteiger partial charge is 0.412 e. The second-order valence-corrected chi connectivity index (χ2v) is 24.8. The van der Waals surface area contributed by atoms with Crippen molar-refractivity contribution in [2.75, 3.05) is 44.6 Å². The number of nitrogens with zero attached hydrogens (tertiary/aromatic N) is 2.